The summed E-state index contributed by atoms with van der Waals surface area (Å²) in [7, 11) is 0. The number of carbonyl (C=O) groups is 1. The van der Waals surface area contributed by atoms with Crippen molar-refractivity contribution in [1.82, 2.24) is 4.98 Å². The highest BCUT2D eigenvalue weighted by Crippen LogP contribution is 2.24. The third kappa shape index (κ3) is 2.30. The van der Waals surface area contributed by atoms with E-state index in [4.69, 9.17) is 4.74 Å². The summed E-state index contributed by atoms with van der Waals surface area (Å²) >= 11 is 0. The molecule has 1 aromatic rings. The SMILES string of the molecule is Cc1ccnc(N2CCOC[C@H]2CO)c1C(=O)O. The molecule has 0 amide bonds. The molecule has 1 aliphatic rings. The fourth-order valence-electron chi connectivity index (χ4n) is 2.11. The van der Waals surface area contributed by atoms with Crippen molar-refractivity contribution in [2.24, 2.45) is 0 Å². The molecular weight excluding hydrogens is 236 g/mol. The van der Waals surface area contributed by atoms with Crippen molar-refractivity contribution in [3.63, 3.8) is 0 Å². The monoisotopic (exact) mass is 252 g/mol. The van der Waals surface area contributed by atoms with Gasteiger partial charge in [-0.15, -0.1) is 0 Å². The van der Waals surface area contributed by atoms with Crippen LogP contribution >= 0.6 is 0 Å². The number of rotatable bonds is 3. The number of hydrogen-bond donors (Lipinski definition) is 2. The molecule has 18 heavy (non-hydrogen) atoms. The number of aliphatic hydroxyl groups excluding tert-OH is 1. The van der Waals surface area contributed by atoms with Crippen molar-refractivity contribution in [3.8, 4) is 0 Å². The molecule has 6 heteroatoms. The summed E-state index contributed by atoms with van der Waals surface area (Å²) < 4.78 is 5.28. The Morgan fingerprint density at radius 2 is 2.44 bits per heavy atom. The Hall–Kier alpha value is -1.66. The minimum Gasteiger partial charge on any atom is -0.478 e. The van der Waals surface area contributed by atoms with Crippen molar-refractivity contribution in [1.29, 1.82) is 0 Å². The first kappa shape index (κ1) is 12.8. The molecule has 1 aromatic heterocycles. The lowest BCUT2D eigenvalue weighted by molar-refractivity contribution is 0.0673. The zero-order valence-electron chi connectivity index (χ0n) is 10.2. The van der Waals surface area contributed by atoms with Crippen molar-refractivity contribution < 1.29 is 19.7 Å². The Kier molecular flexibility index (Phi) is 3.78. The van der Waals surface area contributed by atoms with Gasteiger partial charge in [0, 0.05) is 12.7 Å². The normalized spacial score (nSPS) is 19.9. The number of anilines is 1. The molecular formula is C12H16N2O4. The van der Waals surface area contributed by atoms with E-state index in [1.54, 1.807) is 24.1 Å². The predicted molar refractivity (Wildman–Crippen MR) is 65.0 cm³/mol. The first-order chi connectivity index (χ1) is 8.65. The molecule has 1 saturated heterocycles. The molecule has 0 unspecified atom stereocenters. The number of carboxylic acid groups (broad SMARTS) is 1. The van der Waals surface area contributed by atoms with Crippen LogP contribution < -0.4 is 4.90 Å². The zero-order chi connectivity index (χ0) is 13.1. The van der Waals surface area contributed by atoms with Gasteiger partial charge in [0.2, 0.25) is 0 Å². The van der Waals surface area contributed by atoms with Crippen molar-refractivity contribution >= 4 is 11.8 Å². The summed E-state index contributed by atoms with van der Waals surface area (Å²) in [5, 5.41) is 18.6. The molecule has 0 saturated carbocycles. The lowest BCUT2D eigenvalue weighted by Crippen LogP contribution is -2.48. The van der Waals surface area contributed by atoms with E-state index in [0.29, 0.717) is 31.1 Å². The lowest BCUT2D eigenvalue weighted by Gasteiger charge is -2.36. The third-order valence-electron chi connectivity index (χ3n) is 3.06. The molecule has 2 N–H and O–H groups in total. The fourth-order valence-corrected chi connectivity index (χ4v) is 2.11. The van der Waals surface area contributed by atoms with Crippen LogP contribution in [0.15, 0.2) is 12.3 Å². The molecule has 1 fully saturated rings. The number of nitrogens with zero attached hydrogens (tertiary/aromatic N) is 2. The van der Waals surface area contributed by atoms with Gasteiger partial charge in [-0.05, 0) is 18.6 Å². The summed E-state index contributed by atoms with van der Waals surface area (Å²) in [6, 6.07) is 1.42. The van der Waals surface area contributed by atoms with Crippen molar-refractivity contribution in [2.45, 2.75) is 13.0 Å². The van der Waals surface area contributed by atoms with Gasteiger partial charge in [0.1, 0.15) is 11.4 Å². The lowest BCUT2D eigenvalue weighted by atomic mass is 10.1. The van der Waals surface area contributed by atoms with Gasteiger partial charge in [0.15, 0.2) is 0 Å². The molecule has 0 spiro atoms. The van der Waals surface area contributed by atoms with E-state index in [0.717, 1.165) is 0 Å². The van der Waals surface area contributed by atoms with Gasteiger partial charge in [-0.2, -0.15) is 0 Å². The zero-order valence-corrected chi connectivity index (χ0v) is 10.2. The summed E-state index contributed by atoms with van der Waals surface area (Å²) in [5.74, 6) is -0.594. The highest BCUT2D eigenvalue weighted by Gasteiger charge is 2.28. The van der Waals surface area contributed by atoms with Gasteiger partial charge in [-0.1, -0.05) is 0 Å². The van der Waals surface area contributed by atoms with E-state index >= 15 is 0 Å². The van der Waals surface area contributed by atoms with Gasteiger partial charge in [0.05, 0.1) is 25.9 Å². The number of morpholine rings is 1. The Bertz CT molecular complexity index is 450. The summed E-state index contributed by atoms with van der Waals surface area (Å²) in [4.78, 5) is 17.3. The number of pyridine rings is 1. The molecule has 6 nitrogen and oxygen atoms in total. The quantitative estimate of drug-likeness (QED) is 0.804. The highest BCUT2D eigenvalue weighted by molar-refractivity contribution is 5.95. The molecule has 1 aliphatic heterocycles. The van der Waals surface area contributed by atoms with E-state index in [-0.39, 0.29) is 18.2 Å². The van der Waals surface area contributed by atoms with Gasteiger partial charge in [0.25, 0.3) is 0 Å². The molecule has 0 radical (unpaired) electrons. The Balaban J connectivity index is 2.42. The van der Waals surface area contributed by atoms with E-state index in [9.17, 15) is 15.0 Å². The van der Waals surface area contributed by atoms with Crippen LogP contribution in [0.5, 0.6) is 0 Å². The maximum absolute atomic E-state index is 11.3. The molecule has 2 rings (SSSR count). The van der Waals surface area contributed by atoms with Gasteiger partial charge >= 0.3 is 5.97 Å². The van der Waals surface area contributed by atoms with E-state index in [1.807, 2.05) is 0 Å². The van der Waals surface area contributed by atoms with Crippen LogP contribution in [0.25, 0.3) is 0 Å². The number of aryl methyl sites for hydroxylation is 1. The minimum absolute atomic E-state index is 0.0886. The number of ether oxygens (including phenoxy) is 1. The second kappa shape index (κ2) is 5.32. The first-order valence-electron chi connectivity index (χ1n) is 5.79. The smallest absolute Gasteiger partial charge is 0.339 e. The highest BCUT2D eigenvalue weighted by atomic mass is 16.5. The fraction of sp³-hybridized carbons (Fsp3) is 0.500. The van der Waals surface area contributed by atoms with Crippen LogP contribution in [0.2, 0.25) is 0 Å². The standard InChI is InChI=1S/C12H16N2O4/c1-8-2-3-13-11(10(8)12(16)17)14-4-5-18-7-9(14)6-15/h2-3,9,15H,4-7H2,1H3,(H,16,17)/t9-/m1/s1. The third-order valence-corrected chi connectivity index (χ3v) is 3.06. The van der Waals surface area contributed by atoms with Crippen LogP contribution in [0.4, 0.5) is 5.82 Å². The Morgan fingerprint density at radius 1 is 1.67 bits per heavy atom. The van der Waals surface area contributed by atoms with E-state index in [2.05, 4.69) is 4.98 Å². The largest absolute Gasteiger partial charge is 0.478 e. The maximum atomic E-state index is 11.3. The van der Waals surface area contributed by atoms with Gasteiger partial charge in [-0.25, -0.2) is 9.78 Å². The van der Waals surface area contributed by atoms with E-state index in [1.165, 1.54) is 0 Å². The summed E-state index contributed by atoms with van der Waals surface area (Å²) in [6.45, 7) is 3.07. The maximum Gasteiger partial charge on any atom is 0.339 e. The van der Waals surface area contributed by atoms with Gasteiger partial charge < -0.3 is 19.8 Å². The molecule has 1 atom stereocenters. The number of aliphatic hydroxyl groups is 1. The predicted octanol–water partition coefficient (Wildman–Crippen LogP) is 0.286. The molecule has 0 bridgehead atoms. The topological polar surface area (TPSA) is 82.9 Å². The average Bonchev–Trinajstić information content (AvgIpc) is 2.38. The summed E-state index contributed by atoms with van der Waals surface area (Å²) in [6.07, 6.45) is 1.58. The minimum atomic E-state index is -1.00. The number of aromatic carboxylic acids is 1. The Morgan fingerprint density at radius 3 is 3.11 bits per heavy atom. The van der Waals surface area contributed by atoms with Gasteiger partial charge in [-0.3, -0.25) is 0 Å². The first-order valence-corrected chi connectivity index (χ1v) is 5.79. The van der Waals surface area contributed by atoms with Crippen LogP contribution in [-0.2, 0) is 4.74 Å². The molecule has 0 aliphatic carbocycles. The van der Waals surface area contributed by atoms with Crippen LogP contribution in [0, 0.1) is 6.92 Å². The average molecular weight is 252 g/mol. The van der Waals surface area contributed by atoms with Crippen molar-refractivity contribution in [3.05, 3.63) is 23.4 Å². The van der Waals surface area contributed by atoms with E-state index < -0.39 is 5.97 Å². The second-order valence-corrected chi connectivity index (χ2v) is 4.24. The Labute approximate surface area is 105 Å². The summed E-state index contributed by atoms with van der Waals surface area (Å²) in [5.41, 5.74) is 0.855. The molecule has 2 heterocycles. The van der Waals surface area contributed by atoms with Crippen LogP contribution in [0.1, 0.15) is 15.9 Å². The molecule has 0 aromatic carbocycles. The number of aromatic nitrogens is 1. The molecule has 98 valence electrons. The van der Waals surface area contributed by atoms with Crippen LogP contribution in [0.3, 0.4) is 0 Å². The number of hydrogen-bond acceptors (Lipinski definition) is 5. The van der Waals surface area contributed by atoms with Crippen LogP contribution in [-0.4, -0.2) is 53.6 Å². The number of carboxylic acids is 1. The van der Waals surface area contributed by atoms with Crippen molar-refractivity contribution in [2.75, 3.05) is 31.3 Å². The second-order valence-electron chi connectivity index (χ2n) is 4.24.